The second-order valence-electron chi connectivity index (χ2n) is 2.67. The van der Waals surface area contributed by atoms with Crippen LogP contribution in [0.3, 0.4) is 0 Å². The largest absolute Gasteiger partial charge is 0.377 e. The van der Waals surface area contributed by atoms with Crippen LogP contribution in [0, 0.1) is 11.3 Å². The molecule has 2 nitrogen and oxygen atoms in total. The molecule has 0 saturated carbocycles. The molecule has 1 aromatic carbocycles. The molecule has 0 spiro atoms. The predicted molar refractivity (Wildman–Crippen MR) is 53.2 cm³/mol. The topological polar surface area (TPSA) is 27.0 Å². The molecule has 1 aromatic rings. The highest BCUT2D eigenvalue weighted by atomic mass is 79.9. The number of rotatable bonds is 1. The molecule has 0 atom stereocenters. The zero-order valence-corrected chi connectivity index (χ0v) is 8.59. The third-order valence-corrected chi connectivity index (χ3v) is 2.06. The Morgan fingerprint density at radius 1 is 1.42 bits per heavy atom. The molecule has 0 aromatic heterocycles. The van der Waals surface area contributed by atoms with Crippen molar-refractivity contribution >= 4 is 21.6 Å². The molecule has 0 fully saturated rings. The molecule has 0 bridgehead atoms. The van der Waals surface area contributed by atoms with Crippen LogP contribution in [-0.4, -0.2) is 14.1 Å². The summed E-state index contributed by atoms with van der Waals surface area (Å²) in [6.45, 7) is 0. The molecule has 0 heterocycles. The molecule has 0 aliphatic carbocycles. The van der Waals surface area contributed by atoms with Gasteiger partial charge in [0.25, 0.3) is 0 Å². The van der Waals surface area contributed by atoms with E-state index in [1.807, 2.05) is 31.1 Å². The third-order valence-electron chi connectivity index (χ3n) is 1.56. The lowest BCUT2D eigenvalue weighted by Gasteiger charge is -2.13. The van der Waals surface area contributed by atoms with Gasteiger partial charge in [-0.15, -0.1) is 0 Å². The third kappa shape index (κ3) is 1.77. The van der Waals surface area contributed by atoms with Crippen LogP contribution in [0.25, 0.3) is 0 Å². The first-order valence-corrected chi connectivity index (χ1v) is 4.31. The summed E-state index contributed by atoms with van der Waals surface area (Å²) in [5.41, 5.74) is 1.63. The molecule has 12 heavy (non-hydrogen) atoms. The number of benzene rings is 1. The molecule has 0 saturated heterocycles. The van der Waals surface area contributed by atoms with Crippen molar-refractivity contribution in [3.8, 4) is 6.07 Å². The van der Waals surface area contributed by atoms with Crippen LogP contribution >= 0.6 is 15.9 Å². The van der Waals surface area contributed by atoms with Crippen molar-refractivity contribution in [3.63, 3.8) is 0 Å². The van der Waals surface area contributed by atoms with Gasteiger partial charge in [0.05, 0.1) is 11.3 Å². The van der Waals surface area contributed by atoms with E-state index in [4.69, 9.17) is 5.26 Å². The van der Waals surface area contributed by atoms with E-state index in [1.54, 1.807) is 6.07 Å². The van der Waals surface area contributed by atoms with E-state index in [0.29, 0.717) is 5.56 Å². The van der Waals surface area contributed by atoms with Crippen LogP contribution in [0.4, 0.5) is 5.69 Å². The smallest absolute Gasteiger partial charge is 0.101 e. The zero-order chi connectivity index (χ0) is 9.14. The number of hydrogen-bond acceptors (Lipinski definition) is 2. The Morgan fingerprint density at radius 3 is 2.58 bits per heavy atom. The van der Waals surface area contributed by atoms with Gasteiger partial charge in [0.1, 0.15) is 6.07 Å². The molecule has 0 N–H and O–H groups in total. The lowest BCUT2D eigenvalue weighted by molar-refractivity contribution is 1.12. The van der Waals surface area contributed by atoms with E-state index in [0.717, 1.165) is 10.2 Å². The van der Waals surface area contributed by atoms with E-state index in [1.165, 1.54) is 0 Å². The number of anilines is 1. The monoisotopic (exact) mass is 224 g/mol. The second-order valence-corrected chi connectivity index (χ2v) is 3.58. The van der Waals surface area contributed by atoms with Gasteiger partial charge >= 0.3 is 0 Å². The summed E-state index contributed by atoms with van der Waals surface area (Å²) in [6.07, 6.45) is 0. The van der Waals surface area contributed by atoms with Crippen molar-refractivity contribution in [1.29, 1.82) is 5.26 Å². The van der Waals surface area contributed by atoms with Crippen molar-refractivity contribution in [2.24, 2.45) is 0 Å². The molecular formula is C9H9BrN2. The average molecular weight is 225 g/mol. The summed E-state index contributed by atoms with van der Waals surface area (Å²) >= 11 is 3.36. The number of nitrogens with zero attached hydrogens (tertiary/aromatic N) is 2. The number of nitriles is 1. The molecule has 0 unspecified atom stereocenters. The molecule has 1 rings (SSSR count). The van der Waals surface area contributed by atoms with Gasteiger partial charge in [0.15, 0.2) is 0 Å². The van der Waals surface area contributed by atoms with Crippen LogP contribution in [0.15, 0.2) is 22.7 Å². The van der Waals surface area contributed by atoms with Gasteiger partial charge in [-0.1, -0.05) is 15.9 Å². The fraction of sp³-hybridized carbons (Fsp3) is 0.222. The summed E-state index contributed by atoms with van der Waals surface area (Å²) in [5, 5.41) is 8.77. The highest BCUT2D eigenvalue weighted by Crippen LogP contribution is 2.22. The molecule has 0 radical (unpaired) electrons. The standard InChI is InChI=1S/C9H9BrN2/c1-12(2)9-5-8(10)4-3-7(9)6-11/h3-5H,1-2H3. The Labute approximate surface area is 80.5 Å². The maximum absolute atomic E-state index is 8.77. The van der Waals surface area contributed by atoms with E-state index in [2.05, 4.69) is 22.0 Å². The Morgan fingerprint density at radius 2 is 2.08 bits per heavy atom. The molecule has 62 valence electrons. The van der Waals surface area contributed by atoms with Gasteiger partial charge in [0, 0.05) is 18.6 Å². The van der Waals surface area contributed by atoms with E-state index >= 15 is 0 Å². The summed E-state index contributed by atoms with van der Waals surface area (Å²) in [4.78, 5) is 1.92. The van der Waals surface area contributed by atoms with E-state index in [-0.39, 0.29) is 0 Å². The van der Waals surface area contributed by atoms with Crippen molar-refractivity contribution in [2.75, 3.05) is 19.0 Å². The van der Waals surface area contributed by atoms with Gasteiger partial charge in [-0.05, 0) is 18.2 Å². The Balaban J connectivity index is 3.24. The Hall–Kier alpha value is -1.01. The molecule has 0 aliphatic rings. The first-order valence-electron chi connectivity index (χ1n) is 3.52. The minimum absolute atomic E-state index is 0.697. The minimum Gasteiger partial charge on any atom is -0.377 e. The van der Waals surface area contributed by atoms with Gasteiger partial charge in [-0.25, -0.2) is 0 Å². The van der Waals surface area contributed by atoms with E-state index in [9.17, 15) is 0 Å². The summed E-state index contributed by atoms with van der Waals surface area (Å²) in [7, 11) is 3.84. The predicted octanol–water partition coefficient (Wildman–Crippen LogP) is 2.39. The average Bonchev–Trinajstić information content (AvgIpc) is 2.04. The molecule has 0 aliphatic heterocycles. The Kier molecular flexibility index (Phi) is 2.72. The molecule has 3 heteroatoms. The number of halogens is 1. The quantitative estimate of drug-likeness (QED) is 0.733. The first kappa shape index (κ1) is 9.08. The normalized spacial score (nSPS) is 9.17. The minimum atomic E-state index is 0.697. The van der Waals surface area contributed by atoms with Gasteiger partial charge in [0.2, 0.25) is 0 Å². The maximum atomic E-state index is 8.77. The van der Waals surface area contributed by atoms with Gasteiger partial charge in [-0.2, -0.15) is 5.26 Å². The Bertz CT molecular complexity index is 326. The number of hydrogen-bond donors (Lipinski definition) is 0. The van der Waals surface area contributed by atoms with Crippen molar-refractivity contribution < 1.29 is 0 Å². The van der Waals surface area contributed by atoms with Gasteiger partial charge in [-0.3, -0.25) is 0 Å². The van der Waals surface area contributed by atoms with Crippen LogP contribution < -0.4 is 4.90 Å². The molecule has 0 amide bonds. The maximum Gasteiger partial charge on any atom is 0.101 e. The van der Waals surface area contributed by atoms with E-state index < -0.39 is 0 Å². The second kappa shape index (κ2) is 3.59. The van der Waals surface area contributed by atoms with Crippen LogP contribution in [0.5, 0.6) is 0 Å². The van der Waals surface area contributed by atoms with Gasteiger partial charge < -0.3 is 4.90 Å². The molecular weight excluding hydrogens is 216 g/mol. The SMILES string of the molecule is CN(C)c1cc(Br)ccc1C#N. The fourth-order valence-corrected chi connectivity index (χ4v) is 1.32. The summed E-state index contributed by atoms with van der Waals surface area (Å²) in [6, 6.07) is 7.74. The van der Waals surface area contributed by atoms with Crippen molar-refractivity contribution in [2.45, 2.75) is 0 Å². The van der Waals surface area contributed by atoms with Crippen molar-refractivity contribution in [3.05, 3.63) is 28.2 Å². The highest BCUT2D eigenvalue weighted by molar-refractivity contribution is 9.10. The van der Waals surface area contributed by atoms with Crippen molar-refractivity contribution in [1.82, 2.24) is 0 Å². The first-order chi connectivity index (χ1) is 5.65. The summed E-state index contributed by atoms with van der Waals surface area (Å²) < 4.78 is 0.991. The summed E-state index contributed by atoms with van der Waals surface area (Å²) in [5.74, 6) is 0. The lowest BCUT2D eigenvalue weighted by atomic mass is 10.2. The zero-order valence-electron chi connectivity index (χ0n) is 7.00. The highest BCUT2D eigenvalue weighted by Gasteiger charge is 2.03. The van der Waals surface area contributed by atoms with Crippen LogP contribution in [0.1, 0.15) is 5.56 Å². The fourth-order valence-electron chi connectivity index (χ4n) is 0.969. The lowest BCUT2D eigenvalue weighted by Crippen LogP contribution is -2.10. The van der Waals surface area contributed by atoms with Crippen LogP contribution in [0.2, 0.25) is 0 Å². The van der Waals surface area contributed by atoms with Crippen LogP contribution in [-0.2, 0) is 0 Å².